The summed E-state index contributed by atoms with van der Waals surface area (Å²) in [5.74, 6) is -3.17. The van der Waals surface area contributed by atoms with Crippen LogP contribution in [0.25, 0.3) is 5.69 Å². The Morgan fingerprint density at radius 1 is 1.20 bits per heavy atom. The van der Waals surface area contributed by atoms with Crippen LogP contribution in [0.15, 0.2) is 24.4 Å². The third-order valence-corrected chi connectivity index (χ3v) is 1.83. The fraction of sp³-hybridized carbons (Fsp3) is 0. The topological polar surface area (TPSA) is 43.8 Å². The molecular formula is C9H6F3N3. The molecule has 2 aromatic rings. The van der Waals surface area contributed by atoms with Crippen LogP contribution < -0.4 is 5.73 Å². The summed E-state index contributed by atoms with van der Waals surface area (Å²) in [6, 6.07) is 2.69. The van der Waals surface area contributed by atoms with E-state index in [4.69, 9.17) is 5.73 Å². The molecular weight excluding hydrogens is 207 g/mol. The molecule has 1 aromatic heterocycles. The number of rotatable bonds is 1. The molecule has 0 saturated carbocycles. The van der Waals surface area contributed by atoms with Crippen LogP contribution in [0.5, 0.6) is 0 Å². The van der Waals surface area contributed by atoms with E-state index >= 15 is 0 Å². The minimum absolute atomic E-state index is 0.138. The molecule has 0 atom stereocenters. The van der Waals surface area contributed by atoms with Crippen LogP contribution in [0, 0.1) is 17.5 Å². The molecule has 0 bridgehead atoms. The van der Waals surface area contributed by atoms with Crippen LogP contribution in [-0.4, -0.2) is 9.78 Å². The second kappa shape index (κ2) is 3.30. The summed E-state index contributed by atoms with van der Waals surface area (Å²) in [5, 5.41) is 3.65. The molecule has 0 fully saturated rings. The fourth-order valence-corrected chi connectivity index (χ4v) is 1.18. The molecule has 0 amide bonds. The quantitative estimate of drug-likeness (QED) is 0.735. The number of nitrogens with two attached hydrogens (primary N) is 1. The first-order valence-electron chi connectivity index (χ1n) is 4.04. The summed E-state index contributed by atoms with van der Waals surface area (Å²) >= 11 is 0. The highest BCUT2D eigenvalue weighted by Crippen LogP contribution is 2.18. The largest absolute Gasteiger partial charge is 0.382 e. The number of aromatic nitrogens is 2. The molecule has 2 N–H and O–H groups in total. The Bertz CT molecular complexity index is 507. The lowest BCUT2D eigenvalue weighted by molar-refractivity contribution is 0.488. The average molecular weight is 213 g/mol. The lowest BCUT2D eigenvalue weighted by Crippen LogP contribution is -2.02. The minimum Gasteiger partial charge on any atom is -0.382 e. The third-order valence-electron chi connectivity index (χ3n) is 1.83. The predicted molar refractivity (Wildman–Crippen MR) is 47.9 cm³/mol. The number of hydrogen-bond donors (Lipinski definition) is 1. The van der Waals surface area contributed by atoms with E-state index in [1.54, 1.807) is 0 Å². The average Bonchev–Trinajstić information content (AvgIpc) is 2.58. The maximum absolute atomic E-state index is 13.2. The zero-order chi connectivity index (χ0) is 11.0. The Kier molecular flexibility index (Phi) is 2.11. The monoisotopic (exact) mass is 213 g/mol. The van der Waals surface area contributed by atoms with Crippen LogP contribution in [-0.2, 0) is 0 Å². The van der Waals surface area contributed by atoms with Gasteiger partial charge >= 0.3 is 0 Å². The number of anilines is 1. The van der Waals surface area contributed by atoms with Crippen molar-refractivity contribution in [3.63, 3.8) is 0 Å². The molecule has 2 rings (SSSR count). The van der Waals surface area contributed by atoms with Gasteiger partial charge in [-0.05, 0) is 0 Å². The highest BCUT2D eigenvalue weighted by atomic mass is 19.2. The van der Waals surface area contributed by atoms with E-state index in [1.807, 2.05) is 0 Å². The Hall–Kier alpha value is -1.98. The zero-order valence-electron chi connectivity index (χ0n) is 7.42. The summed E-state index contributed by atoms with van der Waals surface area (Å²) in [7, 11) is 0. The van der Waals surface area contributed by atoms with Gasteiger partial charge in [-0.25, -0.2) is 17.9 Å². The summed E-state index contributed by atoms with van der Waals surface area (Å²) < 4.78 is 39.9. The molecule has 3 nitrogen and oxygen atoms in total. The van der Waals surface area contributed by atoms with Gasteiger partial charge in [0.15, 0.2) is 11.6 Å². The molecule has 0 unspecified atom stereocenters. The summed E-state index contributed by atoms with van der Waals surface area (Å²) in [4.78, 5) is 0. The van der Waals surface area contributed by atoms with Crippen LogP contribution in [0.3, 0.4) is 0 Å². The van der Waals surface area contributed by atoms with Crippen molar-refractivity contribution in [2.45, 2.75) is 0 Å². The van der Waals surface area contributed by atoms with Gasteiger partial charge in [0.25, 0.3) is 0 Å². The van der Waals surface area contributed by atoms with Crippen molar-refractivity contribution < 1.29 is 13.2 Å². The van der Waals surface area contributed by atoms with Crippen molar-refractivity contribution in [2.24, 2.45) is 0 Å². The van der Waals surface area contributed by atoms with E-state index < -0.39 is 17.5 Å². The molecule has 0 aliphatic carbocycles. The fourth-order valence-electron chi connectivity index (χ4n) is 1.18. The van der Waals surface area contributed by atoms with Crippen molar-refractivity contribution in [2.75, 3.05) is 5.73 Å². The van der Waals surface area contributed by atoms with Gasteiger partial charge in [-0.2, -0.15) is 5.10 Å². The van der Waals surface area contributed by atoms with Crippen molar-refractivity contribution in [1.29, 1.82) is 0 Å². The lowest BCUT2D eigenvalue weighted by atomic mass is 10.3. The van der Waals surface area contributed by atoms with Gasteiger partial charge in [-0.1, -0.05) is 0 Å². The summed E-state index contributed by atoms with van der Waals surface area (Å²) in [6.07, 6.45) is 1.31. The molecule has 15 heavy (non-hydrogen) atoms. The molecule has 0 radical (unpaired) electrons. The maximum Gasteiger partial charge on any atom is 0.184 e. The third kappa shape index (κ3) is 1.65. The van der Waals surface area contributed by atoms with Gasteiger partial charge in [0, 0.05) is 24.4 Å². The van der Waals surface area contributed by atoms with Gasteiger partial charge < -0.3 is 5.73 Å². The molecule has 1 heterocycles. The van der Waals surface area contributed by atoms with E-state index in [-0.39, 0.29) is 11.5 Å². The molecule has 78 valence electrons. The highest BCUT2D eigenvalue weighted by Gasteiger charge is 2.13. The number of hydrogen-bond acceptors (Lipinski definition) is 2. The van der Waals surface area contributed by atoms with Gasteiger partial charge in [-0.15, -0.1) is 0 Å². The van der Waals surface area contributed by atoms with Gasteiger partial charge in [-0.3, -0.25) is 0 Å². The van der Waals surface area contributed by atoms with E-state index in [0.29, 0.717) is 6.07 Å². The van der Waals surface area contributed by atoms with Gasteiger partial charge in [0.1, 0.15) is 17.3 Å². The normalized spacial score (nSPS) is 10.6. The van der Waals surface area contributed by atoms with E-state index in [2.05, 4.69) is 5.10 Å². The van der Waals surface area contributed by atoms with Gasteiger partial charge in [0.05, 0.1) is 0 Å². The van der Waals surface area contributed by atoms with E-state index in [1.165, 1.54) is 12.3 Å². The van der Waals surface area contributed by atoms with Crippen LogP contribution in [0.4, 0.5) is 19.0 Å². The molecule has 0 saturated heterocycles. The first kappa shape index (κ1) is 9.57. The van der Waals surface area contributed by atoms with Crippen LogP contribution in [0.2, 0.25) is 0 Å². The maximum atomic E-state index is 13.2. The van der Waals surface area contributed by atoms with Crippen LogP contribution >= 0.6 is 0 Å². The summed E-state index contributed by atoms with van der Waals surface area (Å²) in [5.41, 5.74) is 4.98. The number of halogens is 3. The standard InChI is InChI=1S/C9H6F3N3/c10-5-3-6(11)9(12)7(4-5)15-2-1-8(13)14-15/h1-4H,(H2,13,14). The zero-order valence-corrected chi connectivity index (χ0v) is 7.42. The predicted octanol–water partition coefficient (Wildman–Crippen LogP) is 1.87. The molecule has 0 aliphatic rings. The van der Waals surface area contributed by atoms with Gasteiger partial charge in [0.2, 0.25) is 0 Å². The van der Waals surface area contributed by atoms with Crippen molar-refractivity contribution in [3.8, 4) is 5.69 Å². The van der Waals surface area contributed by atoms with Crippen molar-refractivity contribution in [3.05, 3.63) is 41.8 Å². The highest BCUT2D eigenvalue weighted by molar-refractivity contribution is 5.37. The van der Waals surface area contributed by atoms with E-state index in [0.717, 1.165) is 10.7 Å². The Morgan fingerprint density at radius 3 is 2.53 bits per heavy atom. The van der Waals surface area contributed by atoms with Crippen LogP contribution in [0.1, 0.15) is 0 Å². The minimum atomic E-state index is -1.26. The molecule has 0 aliphatic heterocycles. The first-order valence-corrected chi connectivity index (χ1v) is 4.04. The summed E-state index contributed by atoms with van der Waals surface area (Å²) in [6.45, 7) is 0. The van der Waals surface area contributed by atoms with Crippen molar-refractivity contribution >= 4 is 5.82 Å². The SMILES string of the molecule is Nc1ccn(-c2cc(F)cc(F)c2F)n1. The Labute approximate surface area is 82.9 Å². The second-order valence-electron chi connectivity index (χ2n) is 2.91. The second-order valence-corrected chi connectivity index (χ2v) is 2.91. The molecule has 6 heteroatoms. The Morgan fingerprint density at radius 2 is 1.93 bits per heavy atom. The molecule has 0 spiro atoms. The van der Waals surface area contributed by atoms with E-state index in [9.17, 15) is 13.2 Å². The number of nitrogens with zero attached hydrogens (tertiary/aromatic N) is 2. The first-order chi connectivity index (χ1) is 7.08. The van der Waals surface area contributed by atoms with Crippen molar-refractivity contribution in [1.82, 2.24) is 9.78 Å². The smallest absolute Gasteiger partial charge is 0.184 e. The molecule has 1 aromatic carbocycles. The Balaban J connectivity index is 2.62. The lowest BCUT2D eigenvalue weighted by Gasteiger charge is -2.03. The number of benzene rings is 1. The number of nitrogen functional groups attached to an aromatic ring is 1.